The molecule has 2 aromatic heterocycles. The molecular formula is C26H26F3N5O2. The summed E-state index contributed by atoms with van der Waals surface area (Å²) in [5.74, 6) is -1.43. The number of rotatable bonds is 5. The number of benzene rings is 1. The number of nitrogens with one attached hydrogen (secondary N) is 2. The van der Waals surface area contributed by atoms with E-state index >= 15 is 0 Å². The number of carbonyl (C=O) groups is 1. The number of aryl methyl sites for hydroxylation is 1. The van der Waals surface area contributed by atoms with Gasteiger partial charge in [-0.1, -0.05) is 0 Å². The Kier molecular flexibility index (Phi) is 5.61. The molecular weight excluding hydrogens is 471 g/mol. The molecule has 10 heteroatoms. The van der Waals surface area contributed by atoms with Crippen molar-refractivity contribution in [3.63, 3.8) is 0 Å². The summed E-state index contributed by atoms with van der Waals surface area (Å²) in [5, 5.41) is 13.5. The zero-order chi connectivity index (χ0) is 25.0. The van der Waals surface area contributed by atoms with Crippen molar-refractivity contribution in [2.75, 3.05) is 12.0 Å². The van der Waals surface area contributed by atoms with Gasteiger partial charge in [0.2, 0.25) is 0 Å². The van der Waals surface area contributed by atoms with Crippen molar-refractivity contribution in [2.45, 2.75) is 38.4 Å². The molecule has 2 bridgehead atoms. The summed E-state index contributed by atoms with van der Waals surface area (Å²) in [5.41, 5.74) is 1.36. The number of nitrogens with zero attached hydrogens (tertiary/aromatic N) is 3. The smallest absolute Gasteiger partial charge is 0.307 e. The van der Waals surface area contributed by atoms with Crippen LogP contribution < -0.4 is 5.32 Å². The van der Waals surface area contributed by atoms with E-state index < -0.39 is 36.4 Å². The Bertz CT molecular complexity index is 1390. The van der Waals surface area contributed by atoms with Gasteiger partial charge in [0.05, 0.1) is 23.5 Å². The van der Waals surface area contributed by atoms with Crippen LogP contribution in [0.5, 0.6) is 0 Å². The molecule has 3 heterocycles. The normalized spacial score (nSPS) is 27.3. The van der Waals surface area contributed by atoms with E-state index in [0.29, 0.717) is 28.2 Å². The number of anilines is 1. The van der Waals surface area contributed by atoms with Crippen LogP contribution in [0.4, 0.5) is 19.0 Å². The number of aliphatic imine (C=N–C) groups is 2. The van der Waals surface area contributed by atoms with Crippen LogP contribution in [-0.2, 0) is 11.3 Å². The van der Waals surface area contributed by atoms with Crippen molar-refractivity contribution in [1.82, 2.24) is 9.55 Å². The minimum atomic E-state index is -0.788. The van der Waals surface area contributed by atoms with Crippen LogP contribution in [-0.4, -0.2) is 39.4 Å². The topological polar surface area (TPSA) is 94.8 Å². The van der Waals surface area contributed by atoms with Gasteiger partial charge < -0.3 is 20.0 Å². The average molecular weight is 498 g/mol. The monoisotopic (exact) mass is 497 g/mol. The first kappa shape index (κ1) is 22.9. The molecule has 36 heavy (non-hydrogen) atoms. The van der Waals surface area contributed by atoms with E-state index in [1.807, 2.05) is 0 Å². The van der Waals surface area contributed by atoms with Gasteiger partial charge in [-0.25, -0.2) is 23.2 Å². The van der Waals surface area contributed by atoms with E-state index in [1.165, 1.54) is 6.07 Å². The number of carboxylic acid groups (broad SMARTS) is 1. The third kappa shape index (κ3) is 3.70. The van der Waals surface area contributed by atoms with E-state index in [2.05, 4.69) is 10.3 Å². The molecule has 7 nitrogen and oxygen atoms in total. The van der Waals surface area contributed by atoms with Crippen LogP contribution >= 0.6 is 0 Å². The molecule has 188 valence electrons. The van der Waals surface area contributed by atoms with E-state index in [0.717, 1.165) is 31.7 Å². The number of aromatic nitrogens is 2. The second kappa shape index (κ2) is 8.83. The zero-order valence-corrected chi connectivity index (χ0v) is 19.4. The standard InChI is InChI=1S/C26H26F3N5O2/c27-6-8-34-7-5-16-23(31-11-18-13-1-3-14(4-2-13)21(18)26(35)36)32-24(33-25(16)34)19-12-30-22-17(19)9-15(28)10-20(22)29/h5,7,9-14,18,21,24,30,33H,1-4,6,8H2,(H,35,36)/t13?,14?,18?,21-,24?/m1/s1. The number of halogens is 3. The van der Waals surface area contributed by atoms with Crippen molar-refractivity contribution in [2.24, 2.45) is 33.7 Å². The summed E-state index contributed by atoms with van der Waals surface area (Å²) in [6.07, 6.45) is 8.17. The van der Waals surface area contributed by atoms with Gasteiger partial charge in [-0.2, -0.15) is 0 Å². The third-order valence-corrected chi connectivity index (χ3v) is 8.02. The van der Waals surface area contributed by atoms with Gasteiger partial charge in [-0.3, -0.25) is 4.79 Å². The van der Waals surface area contributed by atoms with E-state index in [4.69, 9.17) is 9.98 Å². The largest absolute Gasteiger partial charge is 0.481 e. The molecule has 3 aromatic rings. The lowest BCUT2D eigenvalue weighted by atomic mass is 9.59. The first-order chi connectivity index (χ1) is 17.4. The number of hydrogen-bond acceptors (Lipinski definition) is 4. The van der Waals surface area contributed by atoms with Crippen LogP contribution in [0.2, 0.25) is 0 Å². The highest BCUT2D eigenvalue weighted by atomic mass is 19.1. The highest BCUT2D eigenvalue weighted by Crippen LogP contribution is 2.48. The summed E-state index contributed by atoms with van der Waals surface area (Å²) in [6.45, 7) is -0.450. The van der Waals surface area contributed by atoms with E-state index in [1.54, 1.807) is 29.2 Å². The predicted octanol–water partition coefficient (Wildman–Crippen LogP) is 5.30. The number of hydrogen-bond donors (Lipinski definition) is 3. The van der Waals surface area contributed by atoms with Crippen molar-refractivity contribution in [3.8, 4) is 0 Å². The summed E-state index contributed by atoms with van der Waals surface area (Å²) < 4.78 is 43.3. The number of H-pyrrole nitrogens is 1. The molecule has 3 N–H and O–H groups in total. The maximum absolute atomic E-state index is 14.3. The van der Waals surface area contributed by atoms with Gasteiger partial charge in [0, 0.05) is 41.5 Å². The van der Waals surface area contributed by atoms with E-state index in [9.17, 15) is 23.1 Å². The average Bonchev–Trinajstić information content (AvgIpc) is 3.47. The number of fused-ring (bicyclic) bond motifs is 5. The number of aromatic amines is 1. The molecule has 0 radical (unpaired) electrons. The number of aliphatic carboxylic acids is 1. The first-order valence-corrected chi connectivity index (χ1v) is 12.3. The first-order valence-electron chi connectivity index (χ1n) is 12.3. The fourth-order valence-electron chi connectivity index (χ4n) is 6.33. The van der Waals surface area contributed by atoms with Gasteiger partial charge in [-0.05, 0) is 49.7 Å². The summed E-state index contributed by atoms with van der Waals surface area (Å²) in [4.78, 5) is 24.4. The lowest BCUT2D eigenvalue weighted by Gasteiger charge is -2.45. The van der Waals surface area contributed by atoms with Gasteiger partial charge >= 0.3 is 5.97 Å². The molecule has 3 fully saturated rings. The number of amidine groups is 1. The van der Waals surface area contributed by atoms with Crippen LogP contribution in [0, 0.1) is 35.3 Å². The molecule has 0 amide bonds. The van der Waals surface area contributed by atoms with Gasteiger partial charge in [0.15, 0.2) is 5.84 Å². The molecule has 0 saturated heterocycles. The summed E-state index contributed by atoms with van der Waals surface area (Å²) >= 11 is 0. The molecule has 3 aliphatic carbocycles. The van der Waals surface area contributed by atoms with Gasteiger partial charge in [0.25, 0.3) is 0 Å². The molecule has 1 aromatic carbocycles. The Hall–Kier alpha value is -3.56. The Balaban J connectivity index is 1.41. The predicted molar refractivity (Wildman–Crippen MR) is 130 cm³/mol. The van der Waals surface area contributed by atoms with Crippen molar-refractivity contribution in [3.05, 3.63) is 53.4 Å². The highest BCUT2D eigenvalue weighted by molar-refractivity contribution is 6.08. The maximum atomic E-state index is 14.3. The second-order valence-corrected chi connectivity index (χ2v) is 9.91. The zero-order valence-electron chi connectivity index (χ0n) is 19.4. The molecule has 2 unspecified atom stereocenters. The Labute approximate surface area is 205 Å². The molecule has 7 rings (SSSR count). The molecule has 0 spiro atoms. The highest BCUT2D eigenvalue weighted by Gasteiger charge is 2.46. The Morgan fingerprint density at radius 1 is 1.22 bits per heavy atom. The van der Waals surface area contributed by atoms with Gasteiger partial charge in [-0.15, -0.1) is 0 Å². The SMILES string of the molecule is O=C(O)[C@@H]1C2CCC(CC2)C1C=NC1=NC(c2c[nH]c3c(F)cc(F)cc23)Nc2c1ccn2CCF. The lowest BCUT2D eigenvalue weighted by Crippen LogP contribution is -2.44. The number of alkyl halides is 1. The minimum absolute atomic E-state index is 0.122. The van der Waals surface area contributed by atoms with Crippen molar-refractivity contribution < 1.29 is 23.1 Å². The second-order valence-electron chi connectivity index (χ2n) is 9.91. The van der Waals surface area contributed by atoms with Crippen LogP contribution in [0.1, 0.15) is 43.0 Å². The number of carboxylic acids is 1. The molecule has 3 saturated carbocycles. The molecule has 4 aliphatic rings. The summed E-state index contributed by atoms with van der Waals surface area (Å²) in [6, 6.07) is 3.86. The van der Waals surface area contributed by atoms with E-state index in [-0.39, 0.29) is 29.8 Å². The Morgan fingerprint density at radius 2 is 2.00 bits per heavy atom. The quantitative estimate of drug-likeness (QED) is 0.418. The molecule has 1 aliphatic heterocycles. The summed E-state index contributed by atoms with van der Waals surface area (Å²) in [7, 11) is 0. The van der Waals surface area contributed by atoms with Crippen molar-refractivity contribution >= 4 is 34.7 Å². The minimum Gasteiger partial charge on any atom is -0.481 e. The third-order valence-electron chi connectivity index (χ3n) is 8.02. The fourth-order valence-corrected chi connectivity index (χ4v) is 6.33. The Morgan fingerprint density at radius 3 is 2.75 bits per heavy atom. The maximum Gasteiger partial charge on any atom is 0.307 e. The van der Waals surface area contributed by atoms with Gasteiger partial charge in [0.1, 0.15) is 30.3 Å². The van der Waals surface area contributed by atoms with Crippen LogP contribution in [0.25, 0.3) is 10.9 Å². The fraction of sp³-hybridized carbons (Fsp3) is 0.423. The lowest BCUT2D eigenvalue weighted by molar-refractivity contribution is -0.149. The molecule has 3 atom stereocenters. The van der Waals surface area contributed by atoms with Crippen molar-refractivity contribution in [1.29, 1.82) is 0 Å². The van der Waals surface area contributed by atoms with Crippen LogP contribution in [0.3, 0.4) is 0 Å². The van der Waals surface area contributed by atoms with Crippen LogP contribution in [0.15, 0.2) is 40.6 Å².